The molecule has 4 nitrogen and oxygen atoms in total. The summed E-state index contributed by atoms with van der Waals surface area (Å²) in [7, 11) is 0. The maximum Gasteiger partial charge on any atom is 0.235 e. The fourth-order valence-corrected chi connectivity index (χ4v) is 8.26. The molecule has 0 spiro atoms. The highest BCUT2D eigenvalue weighted by atomic mass is 15.2. The third kappa shape index (κ3) is 4.21. The third-order valence-corrected chi connectivity index (χ3v) is 10.5. The van der Waals surface area contributed by atoms with Crippen LogP contribution in [-0.2, 0) is 0 Å². The van der Waals surface area contributed by atoms with Crippen molar-refractivity contribution in [1.29, 1.82) is 0 Å². The zero-order valence-electron chi connectivity index (χ0n) is 28.1. The molecule has 0 saturated carbocycles. The van der Waals surface area contributed by atoms with E-state index < -0.39 is 0 Å². The Balaban J connectivity index is 1.23. The van der Waals surface area contributed by atoms with Gasteiger partial charge in [0.1, 0.15) is 0 Å². The number of hydrogen-bond donors (Lipinski definition) is 0. The molecule has 0 aliphatic rings. The molecule has 0 aliphatic heterocycles. The van der Waals surface area contributed by atoms with Crippen LogP contribution in [0.1, 0.15) is 0 Å². The molecule has 0 unspecified atom stereocenters. The SMILES string of the molecule is c1ccc(-c2ccccc2-c2nc(-n3c4ccc(-n5c6ccccc6c6ccccc65)cc4c4c5ccccc5ccc43)nc3ccccc23)cc1. The van der Waals surface area contributed by atoms with Crippen LogP contribution in [0.5, 0.6) is 0 Å². The minimum absolute atomic E-state index is 0.649. The number of para-hydroxylation sites is 3. The smallest absolute Gasteiger partial charge is 0.235 e. The number of nitrogens with zero attached hydrogens (tertiary/aromatic N) is 4. The summed E-state index contributed by atoms with van der Waals surface area (Å²) in [5.41, 5.74) is 10.8. The first kappa shape index (κ1) is 28.8. The molecular weight excluding hydrogens is 633 g/mol. The second-order valence-corrected chi connectivity index (χ2v) is 13.4. The number of benzene rings is 8. The van der Waals surface area contributed by atoms with Crippen molar-refractivity contribution in [3.8, 4) is 34.0 Å². The van der Waals surface area contributed by atoms with Gasteiger partial charge in [-0.05, 0) is 64.4 Å². The third-order valence-electron chi connectivity index (χ3n) is 10.5. The fourth-order valence-electron chi connectivity index (χ4n) is 8.26. The normalized spacial score (nSPS) is 11.8. The van der Waals surface area contributed by atoms with Crippen LogP contribution >= 0.6 is 0 Å². The van der Waals surface area contributed by atoms with E-state index in [-0.39, 0.29) is 0 Å². The number of rotatable bonds is 4. The average molecular weight is 663 g/mol. The molecule has 3 aromatic heterocycles. The fraction of sp³-hybridized carbons (Fsp3) is 0. The summed E-state index contributed by atoms with van der Waals surface area (Å²) in [6.45, 7) is 0. The highest BCUT2D eigenvalue weighted by Gasteiger charge is 2.21. The summed E-state index contributed by atoms with van der Waals surface area (Å²) in [5, 5.41) is 8.28. The molecule has 0 atom stereocenters. The molecule has 0 aliphatic carbocycles. The standard InChI is InChI=1S/C48H30N4/c1-2-14-31(15-3-1)34-17-6-7-21-38(34)47-39-22-8-11-23-41(39)49-48(50-47)52-44-29-27-33(30-40(44)46-35-18-5-4-16-32(35)26-28-45(46)52)51-42-24-12-9-19-36(42)37-20-10-13-25-43(37)51/h1-30H. The molecule has 11 aromatic rings. The molecule has 0 radical (unpaired) electrons. The molecule has 0 amide bonds. The van der Waals surface area contributed by atoms with Crippen molar-refractivity contribution in [2.24, 2.45) is 0 Å². The second-order valence-electron chi connectivity index (χ2n) is 13.4. The molecule has 0 bridgehead atoms. The molecule has 0 fully saturated rings. The predicted molar refractivity (Wildman–Crippen MR) is 217 cm³/mol. The van der Waals surface area contributed by atoms with Crippen molar-refractivity contribution in [3.63, 3.8) is 0 Å². The molecule has 11 rings (SSSR count). The quantitative estimate of drug-likeness (QED) is 0.188. The Morgan fingerprint density at radius 3 is 1.75 bits per heavy atom. The van der Waals surface area contributed by atoms with E-state index in [0.29, 0.717) is 5.95 Å². The maximum atomic E-state index is 5.48. The summed E-state index contributed by atoms with van der Waals surface area (Å²) in [5.74, 6) is 0.649. The Bertz CT molecular complexity index is 3130. The van der Waals surface area contributed by atoms with Crippen LogP contribution in [0.4, 0.5) is 0 Å². The lowest BCUT2D eigenvalue weighted by atomic mass is 9.96. The monoisotopic (exact) mass is 662 g/mol. The lowest BCUT2D eigenvalue weighted by molar-refractivity contribution is 1.01. The minimum atomic E-state index is 0.649. The summed E-state index contributed by atoms with van der Waals surface area (Å²) in [6.07, 6.45) is 0. The van der Waals surface area contributed by atoms with Gasteiger partial charge in [0.2, 0.25) is 5.95 Å². The molecular formula is C48H30N4. The molecule has 52 heavy (non-hydrogen) atoms. The van der Waals surface area contributed by atoms with Crippen molar-refractivity contribution < 1.29 is 0 Å². The summed E-state index contributed by atoms with van der Waals surface area (Å²) in [6, 6.07) is 64.8. The second kappa shape index (κ2) is 11.2. The van der Waals surface area contributed by atoms with Crippen molar-refractivity contribution >= 4 is 65.3 Å². The van der Waals surface area contributed by atoms with Gasteiger partial charge in [0.05, 0.1) is 33.3 Å². The van der Waals surface area contributed by atoms with Crippen LogP contribution in [0.3, 0.4) is 0 Å². The van der Waals surface area contributed by atoms with Gasteiger partial charge < -0.3 is 4.57 Å². The van der Waals surface area contributed by atoms with Crippen LogP contribution < -0.4 is 0 Å². The zero-order chi connectivity index (χ0) is 34.2. The van der Waals surface area contributed by atoms with Gasteiger partial charge in [-0.3, -0.25) is 4.57 Å². The van der Waals surface area contributed by atoms with Gasteiger partial charge >= 0.3 is 0 Å². The molecule has 3 heterocycles. The first-order valence-electron chi connectivity index (χ1n) is 17.7. The Hall–Kier alpha value is -7.04. The highest BCUT2D eigenvalue weighted by molar-refractivity contribution is 6.22. The van der Waals surface area contributed by atoms with E-state index in [1.807, 2.05) is 0 Å². The van der Waals surface area contributed by atoms with E-state index in [2.05, 4.69) is 191 Å². The minimum Gasteiger partial charge on any atom is -0.309 e. The lowest BCUT2D eigenvalue weighted by Crippen LogP contribution is -2.04. The Morgan fingerprint density at radius 1 is 0.365 bits per heavy atom. The van der Waals surface area contributed by atoms with Crippen LogP contribution in [0.25, 0.3) is 99.3 Å². The summed E-state index contributed by atoms with van der Waals surface area (Å²) >= 11 is 0. The van der Waals surface area contributed by atoms with Crippen LogP contribution in [0.15, 0.2) is 182 Å². The summed E-state index contributed by atoms with van der Waals surface area (Å²) in [4.78, 5) is 10.8. The molecule has 0 saturated heterocycles. The maximum absolute atomic E-state index is 5.48. The zero-order valence-corrected chi connectivity index (χ0v) is 28.1. The molecule has 0 N–H and O–H groups in total. The van der Waals surface area contributed by atoms with Gasteiger partial charge in [0.15, 0.2) is 0 Å². The van der Waals surface area contributed by atoms with Crippen molar-refractivity contribution in [2.45, 2.75) is 0 Å². The van der Waals surface area contributed by atoms with Crippen LogP contribution in [0.2, 0.25) is 0 Å². The van der Waals surface area contributed by atoms with E-state index in [0.717, 1.165) is 55.4 Å². The molecule has 8 aromatic carbocycles. The highest BCUT2D eigenvalue weighted by Crippen LogP contribution is 2.41. The van der Waals surface area contributed by atoms with E-state index in [4.69, 9.17) is 9.97 Å². The van der Waals surface area contributed by atoms with Crippen LogP contribution in [0, 0.1) is 0 Å². The first-order valence-corrected chi connectivity index (χ1v) is 17.7. The molecule has 4 heteroatoms. The van der Waals surface area contributed by atoms with Crippen molar-refractivity contribution in [1.82, 2.24) is 19.1 Å². The first-order chi connectivity index (χ1) is 25.8. The average Bonchev–Trinajstić information content (AvgIpc) is 3.73. The lowest BCUT2D eigenvalue weighted by Gasteiger charge is -2.15. The van der Waals surface area contributed by atoms with E-state index in [1.54, 1.807) is 0 Å². The summed E-state index contributed by atoms with van der Waals surface area (Å²) < 4.78 is 4.65. The Labute approximate surface area is 299 Å². The Kier molecular flexibility index (Phi) is 6.22. The van der Waals surface area contributed by atoms with E-state index in [1.165, 1.54) is 38.0 Å². The Morgan fingerprint density at radius 2 is 0.962 bits per heavy atom. The van der Waals surface area contributed by atoms with Gasteiger partial charge in [0, 0.05) is 38.2 Å². The van der Waals surface area contributed by atoms with Crippen molar-refractivity contribution in [3.05, 3.63) is 182 Å². The van der Waals surface area contributed by atoms with E-state index >= 15 is 0 Å². The number of fused-ring (bicyclic) bond motifs is 9. The van der Waals surface area contributed by atoms with Gasteiger partial charge in [-0.25, -0.2) is 9.97 Å². The van der Waals surface area contributed by atoms with Crippen LogP contribution in [-0.4, -0.2) is 19.1 Å². The molecule has 242 valence electrons. The number of hydrogen-bond acceptors (Lipinski definition) is 2. The van der Waals surface area contributed by atoms with Gasteiger partial charge in [-0.2, -0.15) is 0 Å². The van der Waals surface area contributed by atoms with Crippen molar-refractivity contribution in [2.75, 3.05) is 0 Å². The predicted octanol–water partition coefficient (Wildman–Crippen LogP) is 12.3. The van der Waals surface area contributed by atoms with Gasteiger partial charge in [-0.15, -0.1) is 0 Å². The van der Waals surface area contributed by atoms with Gasteiger partial charge in [0.25, 0.3) is 0 Å². The van der Waals surface area contributed by atoms with Gasteiger partial charge in [-0.1, -0.05) is 140 Å². The number of aromatic nitrogens is 4. The topological polar surface area (TPSA) is 35.6 Å². The van der Waals surface area contributed by atoms with E-state index in [9.17, 15) is 0 Å². The largest absolute Gasteiger partial charge is 0.309 e.